The van der Waals surface area contributed by atoms with Crippen LogP contribution in [-0.2, 0) is 9.53 Å². The Kier molecular flexibility index (Phi) is 3.81. The Labute approximate surface area is 115 Å². The van der Waals surface area contributed by atoms with Crippen molar-refractivity contribution in [1.82, 2.24) is 10.2 Å². The largest absolute Gasteiger partial charge is 0.465 e. The first-order valence-corrected chi connectivity index (χ1v) is 7.92. The molecule has 0 radical (unpaired) electrons. The van der Waals surface area contributed by atoms with Crippen molar-refractivity contribution in [2.45, 2.75) is 57.0 Å². The Bertz CT molecular complexity index is 333. The third-order valence-electron chi connectivity index (χ3n) is 4.62. The minimum atomic E-state index is -0.415. The summed E-state index contributed by atoms with van der Waals surface area (Å²) in [5.41, 5.74) is -0.415. The molecule has 2 aliphatic carbocycles. The lowest BCUT2D eigenvalue weighted by Crippen LogP contribution is -2.61. The molecule has 4 nitrogen and oxygen atoms in total. The van der Waals surface area contributed by atoms with Crippen LogP contribution in [-0.4, -0.2) is 48.7 Å². The highest BCUT2D eigenvalue weighted by molar-refractivity contribution is 5.82. The summed E-state index contributed by atoms with van der Waals surface area (Å²) in [4.78, 5) is 15.0. The molecule has 1 saturated heterocycles. The third kappa shape index (κ3) is 2.95. The van der Waals surface area contributed by atoms with Gasteiger partial charge in [-0.1, -0.05) is 0 Å². The molecule has 1 N–H and O–H groups in total. The molecule has 0 bridgehead atoms. The van der Waals surface area contributed by atoms with Gasteiger partial charge < -0.3 is 9.64 Å². The Balaban J connectivity index is 1.75. The maximum absolute atomic E-state index is 12.6. The highest BCUT2D eigenvalue weighted by atomic mass is 16.5. The van der Waals surface area contributed by atoms with Crippen LogP contribution in [0.4, 0.5) is 0 Å². The van der Waals surface area contributed by atoms with Gasteiger partial charge in [-0.25, -0.2) is 4.79 Å². The first kappa shape index (κ1) is 13.4. The number of nitrogens with zero attached hydrogens (tertiary/aromatic N) is 1. The van der Waals surface area contributed by atoms with Gasteiger partial charge in [0.05, 0.1) is 6.61 Å². The van der Waals surface area contributed by atoms with Gasteiger partial charge in [-0.05, 0) is 64.5 Å². The maximum Gasteiger partial charge on any atom is 0.327 e. The minimum absolute atomic E-state index is 0.00343. The first-order valence-electron chi connectivity index (χ1n) is 7.92. The fourth-order valence-corrected chi connectivity index (χ4v) is 3.30. The second kappa shape index (κ2) is 5.41. The van der Waals surface area contributed by atoms with Gasteiger partial charge in [0.15, 0.2) is 0 Å². The fraction of sp³-hybridized carbons (Fsp3) is 0.933. The monoisotopic (exact) mass is 266 g/mol. The topological polar surface area (TPSA) is 41.6 Å². The van der Waals surface area contributed by atoms with Crippen LogP contribution < -0.4 is 5.32 Å². The summed E-state index contributed by atoms with van der Waals surface area (Å²) < 4.78 is 5.42. The summed E-state index contributed by atoms with van der Waals surface area (Å²) >= 11 is 0. The molecule has 1 heterocycles. The number of ether oxygens (including phenoxy) is 1. The molecular weight excluding hydrogens is 240 g/mol. The van der Waals surface area contributed by atoms with Crippen LogP contribution in [0.2, 0.25) is 0 Å². The molecule has 1 atom stereocenters. The van der Waals surface area contributed by atoms with Gasteiger partial charge in [-0.3, -0.25) is 5.32 Å². The molecule has 108 valence electrons. The summed E-state index contributed by atoms with van der Waals surface area (Å²) in [5, 5.41) is 3.66. The number of likely N-dealkylation sites (tertiary alicyclic amines) is 1. The van der Waals surface area contributed by atoms with E-state index in [1.807, 2.05) is 6.92 Å². The lowest BCUT2D eigenvalue weighted by atomic mass is 9.92. The fourth-order valence-electron chi connectivity index (χ4n) is 3.30. The zero-order valence-electron chi connectivity index (χ0n) is 12.0. The zero-order valence-corrected chi connectivity index (χ0v) is 12.0. The molecule has 0 amide bonds. The summed E-state index contributed by atoms with van der Waals surface area (Å²) in [5.74, 6) is 0.490. The second-order valence-electron chi connectivity index (χ2n) is 6.37. The van der Waals surface area contributed by atoms with Gasteiger partial charge >= 0.3 is 5.97 Å². The Morgan fingerprint density at radius 3 is 2.47 bits per heavy atom. The minimum Gasteiger partial charge on any atom is -0.465 e. The van der Waals surface area contributed by atoms with E-state index in [0.29, 0.717) is 18.6 Å². The summed E-state index contributed by atoms with van der Waals surface area (Å²) in [6.07, 6.45) is 7.32. The van der Waals surface area contributed by atoms with Crippen molar-refractivity contribution >= 4 is 5.97 Å². The molecule has 1 aliphatic heterocycles. The van der Waals surface area contributed by atoms with E-state index < -0.39 is 5.54 Å². The number of carbonyl (C=O) groups is 1. The number of rotatable bonds is 7. The van der Waals surface area contributed by atoms with Gasteiger partial charge in [0.2, 0.25) is 0 Å². The molecule has 1 unspecified atom stereocenters. The highest BCUT2D eigenvalue weighted by Gasteiger charge is 2.54. The number of hydrogen-bond acceptors (Lipinski definition) is 4. The quantitative estimate of drug-likeness (QED) is 0.710. The third-order valence-corrected chi connectivity index (χ3v) is 4.62. The molecule has 3 rings (SSSR count). The average molecular weight is 266 g/mol. The summed E-state index contributed by atoms with van der Waals surface area (Å²) in [6.45, 7) is 5.52. The molecule has 0 aromatic rings. The second-order valence-corrected chi connectivity index (χ2v) is 6.37. The van der Waals surface area contributed by atoms with E-state index in [1.54, 1.807) is 0 Å². The van der Waals surface area contributed by atoms with Crippen molar-refractivity contribution in [3.8, 4) is 0 Å². The van der Waals surface area contributed by atoms with E-state index in [4.69, 9.17) is 4.74 Å². The number of carbonyl (C=O) groups excluding carboxylic acids is 1. The summed E-state index contributed by atoms with van der Waals surface area (Å²) in [6, 6.07) is 0.549. The molecule has 4 heteroatoms. The van der Waals surface area contributed by atoms with Crippen molar-refractivity contribution in [2.24, 2.45) is 5.92 Å². The lowest BCUT2D eigenvalue weighted by Gasteiger charge is -2.36. The normalized spacial score (nSPS) is 27.2. The molecule has 19 heavy (non-hydrogen) atoms. The van der Waals surface area contributed by atoms with Gasteiger partial charge in [0.1, 0.15) is 5.54 Å². The molecule has 0 aromatic carbocycles. The number of nitrogens with one attached hydrogen (secondary N) is 1. The predicted octanol–water partition coefficient (Wildman–Crippen LogP) is 1.55. The molecule has 0 aromatic heterocycles. The van der Waals surface area contributed by atoms with Crippen LogP contribution in [0, 0.1) is 5.92 Å². The Morgan fingerprint density at radius 1 is 1.26 bits per heavy atom. The average Bonchev–Trinajstić information content (AvgIpc) is 3.30. The standard InChI is InChI=1S/C15H26N2O2/c1-2-19-14(18)15(12-5-6-12,16-13-7-8-13)11-17-9-3-4-10-17/h12-13,16H,2-11H2,1H3. The summed E-state index contributed by atoms with van der Waals surface area (Å²) in [7, 11) is 0. The van der Waals surface area contributed by atoms with Crippen LogP contribution in [0.5, 0.6) is 0 Å². The van der Waals surface area contributed by atoms with Crippen molar-refractivity contribution in [2.75, 3.05) is 26.2 Å². The van der Waals surface area contributed by atoms with Crippen molar-refractivity contribution in [3.05, 3.63) is 0 Å². The van der Waals surface area contributed by atoms with Crippen LogP contribution in [0.3, 0.4) is 0 Å². The van der Waals surface area contributed by atoms with Gasteiger partial charge in [-0.15, -0.1) is 0 Å². The number of esters is 1. The van der Waals surface area contributed by atoms with Crippen LogP contribution in [0.15, 0.2) is 0 Å². The first-order chi connectivity index (χ1) is 9.24. The van der Waals surface area contributed by atoms with Crippen molar-refractivity contribution in [3.63, 3.8) is 0 Å². The smallest absolute Gasteiger partial charge is 0.327 e. The molecule has 2 saturated carbocycles. The van der Waals surface area contributed by atoms with Crippen LogP contribution in [0.25, 0.3) is 0 Å². The Hall–Kier alpha value is -0.610. The van der Waals surface area contributed by atoms with E-state index in [-0.39, 0.29) is 5.97 Å². The van der Waals surface area contributed by atoms with E-state index in [0.717, 1.165) is 19.6 Å². The van der Waals surface area contributed by atoms with E-state index >= 15 is 0 Å². The molecule has 3 aliphatic rings. The molecule has 0 spiro atoms. The van der Waals surface area contributed by atoms with Crippen molar-refractivity contribution < 1.29 is 9.53 Å². The zero-order chi connectivity index (χ0) is 13.3. The lowest BCUT2D eigenvalue weighted by molar-refractivity contribution is -0.153. The molecular formula is C15H26N2O2. The van der Waals surface area contributed by atoms with Gasteiger partial charge in [-0.2, -0.15) is 0 Å². The highest BCUT2D eigenvalue weighted by Crippen LogP contribution is 2.43. The van der Waals surface area contributed by atoms with Gasteiger partial charge in [0, 0.05) is 12.6 Å². The van der Waals surface area contributed by atoms with E-state index in [1.165, 1.54) is 38.5 Å². The Morgan fingerprint density at radius 2 is 1.95 bits per heavy atom. The van der Waals surface area contributed by atoms with Crippen molar-refractivity contribution in [1.29, 1.82) is 0 Å². The number of hydrogen-bond donors (Lipinski definition) is 1. The van der Waals surface area contributed by atoms with Crippen LogP contribution >= 0.6 is 0 Å². The maximum atomic E-state index is 12.6. The van der Waals surface area contributed by atoms with E-state index in [2.05, 4.69) is 10.2 Å². The van der Waals surface area contributed by atoms with Crippen LogP contribution in [0.1, 0.15) is 45.4 Å². The molecule has 3 fully saturated rings. The van der Waals surface area contributed by atoms with E-state index in [9.17, 15) is 4.79 Å². The van der Waals surface area contributed by atoms with Gasteiger partial charge in [0.25, 0.3) is 0 Å². The SMILES string of the molecule is CCOC(=O)C(CN1CCCC1)(NC1CC1)C1CC1. The predicted molar refractivity (Wildman–Crippen MR) is 73.9 cm³/mol.